The molecular formula is C31H25N3O6S. The largest absolute Gasteiger partial charge is 0.497 e. The number of amides is 1. The second-order valence-electron chi connectivity index (χ2n) is 8.61. The van der Waals surface area contributed by atoms with E-state index in [-0.39, 0.29) is 28.5 Å². The van der Waals surface area contributed by atoms with E-state index in [9.17, 15) is 9.59 Å². The van der Waals surface area contributed by atoms with Crippen molar-refractivity contribution in [2.24, 2.45) is 0 Å². The van der Waals surface area contributed by atoms with E-state index in [2.05, 4.69) is 27.6 Å². The summed E-state index contributed by atoms with van der Waals surface area (Å²) in [6.45, 7) is 0. The number of benzene rings is 3. The number of esters is 1. The molecular weight excluding hydrogens is 542 g/mol. The number of thioether (sulfide) groups is 1. The molecule has 1 N–H and O–H groups in total. The van der Waals surface area contributed by atoms with Crippen LogP contribution < -0.4 is 19.5 Å². The SMILES string of the molecule is COc1ccc(C(=O)Nc2onc(-c3ccccn3)c2C(=O)Oc2cccc(SCc3ccccc3)c2)c(OC)c1. The average molecular weight is 568 g/mol. The summed E-state index contributed by atoms with van der Waals surface area (Å²) < 4.78 is 21.7. The standard InChI is InChI=1S/C31H25N3O6S/c1-37-21-14-15-24(26(18-21)38-2)29(35)33-30-27(28(34-40-30)25-13-6-7-16-32-25)31(36)39-22-11-8-12-23(17-22)41-19-20-9-4-3-5-10-20/h3-18H,19H2,1-2H3,(H,33,35). The summed E-state index contributed by atoms with van der Waals surface area (Å²) in [5.74, 6) is 0.349. The molecule has 0 saturated heterocycles. The number of carbonyl (C=O) groups is 2. The highest BCUT2D eigenvalue weighted by Crippen LogP contribution is 2.32. The molecule has 1 amide bonds. The van der Waals surface area contributed by atoms with Gasteiger partial charge in [-0.05, 0) is 48.0 Å². The number of methoxy groups -OCH3 is 2. The summed E-state index contributed by atoms with van der Waals surface area (Å²) in [6.07, 6.45) is 1.56. The second-order valence-corrected chi connectivity index (χ2v) is 9.66. The molecule has 0 radical (unpaired) electrons. The predicted molar refractivity (Wildman–Crippen MR) is 155 cm³/mol. The van der Waals surface area contributed by atoms with Crippen molar-refractivity contribution in [3.8, 4) is 28.6 Å². The van der Waals surface area contributed by atoms with Crippen molar-refractivity contribution in [1.82, 2.24) is 10.1 Å². The van der Waals surface area contributed by atoms with Gasteiger partial charge in [-0.25, -0.2) is 4.79 Å². The lowest BCUT2D eigenvalue weighted by Crippen LogP contribution is -2.17. The van der Waals surface area contributed by atoms with E-state index >= 15 is 0 Å². The Hall–Kier alpha value is -5.09. The molecule has 0 saturated carbocycles. The third-order valence-corrected chi connectivity index (χ3v) is 7.01. The van der Waals surface area contributed by atoms with Crippen molar-refractivity contribution >= 4 is 29.5 Å². The predicted octanol–water partition coefficient (Wildman–Crippen LogP) is 6.52. The normalized spacial score (nSPS) is 10.6. The molecule has 0 unspecified atom stereocenters. The van der Waals surface area contributed by atoms with Crippen LogP contribution in [-0.4, -0.2) is 36.2 Å². The smallest absolute Gasteiger partial charge is 0.351 e. The van der Waals surface area contributed by atoms with Crippen LogP contribution in [0.2, 0.25) is 0 Å². The molecule has 3 aromatic carbocycles. The van der Waals surface area contributed by atoms with Crippen LogP contribution in [-0.2, 0) is 5.75 Å². The van der Waals surface area contributed by atoms with Crippen LogP contribution in [0.5, 0.6) is 17.2 Å². The number of pyridine rings is 1. The van der Waals surface area contributed by atoms with Gasteiger partial charge in [-0.3, -0.25) is 15.1 Å². The summed E-state index contributed by atoms with van der Waals surface area (Å²) in [4.78, 5) is 32.0. The Morgan fingerprint density at radius 2 is 1.71 bits per heavy atom. The lowest BCUT2D eigenvalue weighted by Gasteiger charge is -2.11. The number of ether oxygens (including phenoxy) is 3. The van der Waals surface area contributed by atoms with Gasteiger partial charge in [-0.1, -0.05) is 47.6 Å². The molecule has 2 heterocycles. The zero-order valence-electron chi connectivity index (χ0n) is 22.2. The highest BCUT2D eigenvalue weighted by atomic mass is 32.2. The Bertz CT molecular complexity index is 1660. The Balaban J connectivity index is 1.41. The Morgan fingerprint density at radius 1 is 0.878 bits per heavy atom. The molecule has 0 atom stereocenters. The van der Waals surface area contributed by atoms with Crippen LogP contribution in [0, 0.1) is 0 Å². The fourth-order valence-electron chi connectivity index (χ4n) is 3.93. The first-order chi connectivity index (χ1) is 20.1. The van der Waals surface area contributed by atoms with E-state index in [0.717, 1.165) is 10.6 Å². The molecule has 5 rings (SSSR count). The Labute approximate surface area is 240 Å². The van der Waals surface area contributed by atoms with Crippen molar-refractivity contribution in [2.75, 3.05) is 19.5 Å². The minimum atomic E-state index is -0.769. The number of hydrogen-bond donors (Lipinski definition) is 1. The van der Waals surface area contributed by atoms with Gasteiger partial charge in [-0.15, -0.1) is 11.8 Å². The van der Waals surface area contributed by atoms with Gasteiger partial charge < -0.3 is 18.7 Å². The Morgan fingerprint density at radius 3 is 2.46 bits per heavy atom. The molecule has 0 bridgehead atoms. The number of anilines is 1. The van der Waals surface area contributed by atoms with Gasteiger partial charge in [0.1, 0.15) is 22.9 Å². The number of nitrogens with zero attached hydrogens (tertiary/aromatic N) is 2. The number of rotatable bonds is 10. The molecule has 2 aromatic heterocycles. The Kier molecular flexibility index (Phi) is 8.61. The van der Waals surface area contributed by atoms with Gasteiger partial charge in [0.25, 0.3) is 5.91 Å². The molecule has 0 aliphatic carbocycles. The number of aromatic nitrogens is 2. The van der Waals surface area contributed by atoms with E-state index in [1.165, 1.54) is 19.8 Å². The first-order valence-electron chi connectivity index (χ1n) is 12.5. The van der Waals surface area contributed by atoms with Crippen LogP contribution in [0.4, 0.5) is 5.88 Å². The molecule has 10 heteroatoms. The number of hydrogen-bond acceptors (Lipinski definition) is 9. The third kappa shape index (κ3) is 6.56. The van der Waals surface area contributed by atoms with Crippen LogP contribution >= 0.6 is 11.8 Å². The van der Waals surface area contributed by atoms with Gasteiger partial charge in [0.2, 0.25) is 5.88 Å². The van der Waals surface area contributed by atoms with Crippen LogP contribution in [0.1, 0.15) is 26.3 Å². The van der Waals surface area contributed by atoms with Gasteiger partial charge in [0.15, 0.2) is 5.56 Å². The first-order valence-corrected chi connectivity index (χ1v) is 13.5. The van der Waals surface area contributed by atoms with Crippen LogP contribution in [0.15, 0.2) is 107 Å². The van der Waals surface area contributed by atoms with Crippen LogP contribution in [0.25, 0.3) is 11.4 Å². The molecule has 5 aromatic rings. The van der Waals surface area contributed by atoms with E-state index in [1.54, 1.807) is 66.5 Å². The summed E-state index contributed by atoms with van der Waals surface area (Å²) >= 11 is 1.62. The third-order valence-electron chi connectivity index (χ3n) is 5.95. The molecule has 9 nitrogen and oxygen atoms in total. The molecule has 0 aliphatic rings. The lowest BCUT2D eigenvalue weighted by molar-refractivity contribution is 0.0735. The van der Waals surface area contributed by atoms with Gasteiger partial charge >= 0.3 is 5.97 Å². The molecule has 41 heavy (non-hydrogen) atoms. The lowest BCUT2D eigenvalue weighted by atomic mass is 10.1. The highest BCUT2D eigenvalue weighted by molar-refractivity contribution is 7.98. The number of nitrogens with one attached hydrogen (secondary N) is 1. The summed E-state index contributed by atoms with van der Waals surface area (Å²) in [6, 6.07) is 27.2. The van der Waals surface area contributed by atoms with Crippen LogP contribution in [0.3, 0.4) is 0 Å². The maximum absolute atomic E-state index is 13.6. The number of carbonyl (C=O) groups excluding carboxylic acids is 2. The van der Waals surface area contributed by atoms with Crippen molar-refractivity contribution in [3.63, 3.8) is 0 Å². The average Bonchev–Trinajstić information content (AvgIpc) is 3.44. The fourth-order valence-corrected chi connectivity index (χ4v) is 4.83. The van der Waals surface area contributed by atoms with Crippen molar-refractivity contribution in [3.05, 3.63) is 114 Å². The van der Waals surface area contributed by atoms with Gasteiger partial charge in [-0.2, -0.15) is 0 Å². The minimum Gasteiger partial charge on any atom is -0.497 e. The van der Waals surface area contributed by atoms with Crippen molar-refractivity contribution in [1.29, 1.82) is 0 Å². The molecule has 0 aliphatic heterocycles. The van der Waals surface area contributed by atoms with Crippen molar-refractivity contribution < 1.29 is 28.3 Å². The fraction of sp³-hybridized carbons (Fsp3) is 0.0968. The molecule has 0 fully saturated rings. The summed E-state index contributed by atoms with van der Waals surface area (Å²) in [7, 11) is 2.95. The van der Waals surface area contributed by atoms with Gasteiger partial charge in [0, 0.05) is 22.9 Å². The maximum Gasteiger partial charge on any atom is 0.351 e. The molecule has 206 valence electrons. The summed E-state index contributed by atoms with van der Waals surface area (Å²) in [5.41, 5.74) is 1.80. The zero-order valence-corrected chi connectivity index (χ0v) is 23.0. The minimum absolute atomic E-state index is 0.0770. The van der Waals surface area contributed by atoms with E-state index < -0.39 is 11.9 Å². The van der Waals surface area contributed by atoms with Crippen molar-refractivity contribution in [2.45, 2.75) is 10.6 Å². The first kappa shape index (κ1) is 27.5. The maximum atomic E-state index is 13.6. The van der Waals surface area contributed by atoms with Gasteiger partial charge in [0.05, 0.1) is 25.5 Å². The summed E-state index contributed by atoms with van der Waals surface area (Å²) in [5, 5.41) is 6.66. The van der Waals surface area contributed by atoms with E-state index in [0.29, 0.717) is 17.2 Å². The zero-order chi connectivity index (χ0) is 28.6. The van der Waals surface area contributed by atoms with E-state index in [1.807, 2.05) is 30.3 Å². The quantitative estimate of drug-likeness (QED) is 0.114. The van der Waals surface area contributed by atoms with E-state index in [4.69, 9.17) is 18.7 Å². The topological polar surface area (TPSA) is 113 Å². The monoisotopic (exact) mass is 567 g/mol. The highest BCUT2D eigenvalue weighted by Gasteiger charge is 2.29. The molecule has 0 spiro atoms. The second kappa shape index (κ2) is 12.8.